The molecule has 3 rings (SSSR count). The van der Waals surface area contributed by atoms with Gasteiger partial charge < -0.3 is 14.8 Å². The van der Waals surface area contributed by atoms with E-state index in [1.54, 1.807) is 0 Å². The number of carbonyl (C=O) groups excluding carboxylic acids is 2. The maximum Gasteiger partial charge on any atom is 0.328 e. The summed E-state index contributed by atoms with van der Waals surface area (Å²) < 4.78 is 10.1. The van der Waals surface area contributed by atoms with Crippen molar-refractivity contribution in [2.45, 2.75) is 18.9 Å². The molecule has 1 N–H and O–H groups in total. The highest BCUT2D eigenvalue weighted by Gasteiger charge is 2.29. The van der Waals surface area contributed by atoms with E-state index in [1.165, 1.54) is 7.11 Å². The van der Waals surface area contributed by atoms with Crippen molar-refractivity contribution >= 4 is 22.6 Å². The van der Waals surface area contributed by atoms with E-state index in [0.717, 1.165) is 16.3 Å². The first kappa shape index (κ1) is 16.5. The summed E-state index contributed by atoms with van der Waals surface area (Å²) in [4.78, 5) is 24.5. The van der Waals surface area contributed by atoms with Crippen LogP contribution in [0.15, 0.2) is 42.5 Å². The highest BCUT2D eigenvalue weighted by molar-refractivity contribution is 5.89. The molecular formula is C19H21NO4. The summed E-state index contributed by atoms with van der Waals surface area (Å²) in [6.07, 6.45) is 1.08. The number of fused-ring (bicyclic) bond motifs is 1. The van der Waals surface area contributed by atoms with Crippen molar-refractivity contribution in [3.8, 4) is 0 Å². The molecule has 2 aromatic rings. The molecule has 126 valence electrons. The van der Waals surface area contributed by atoms with Crippen LogP contribution in [0.1, 0.15) is 12.0 Å². The van der Waals surface area contributed by atoms with E-state index in [2.05, 4.69) is 5.32 Å². The van der Waals surface area contributed by atoms with Gasteiger partial charge in [-0.2, -0.15) is 0 Å². The van der Waals surface area contributed by atoms with Crippen LogP contribution in [0.5, 0.6) is 0 Å². The van der Waals surface area contributed by atoms with E-state index in [1.807, 2.05) is 42.5 Å². The number of methoxy groups -OCH3 is 1. The Labute approximate surface area is 140 Å². The molecular weight excluding hydrogens is 306 g/mol. The zero-order valence-corrected chi connectivity index (χ0v) is 13.7. The molecule has 1 heterocycles. The molecule has 0 spiro atoms. The minimum absolute atomic E-state index is 0.150. The number of benzene rings is 2. The van der Waals surface area contributed by atoms with E-state index in [9.17, 15) is 9.59 Å². The van der Waals surface area contributed by atoms with Gasteiger partial charge in [-0.1, -0.05) is 42.5 Å². The first-order valence-electron chi connectivity index (χ1n) is 8.11. The first-order chi connectivity index (χ1) is 11.7. The first-order valence-corrected chi connectivity index (χ1v) is 8.11. The molecule has 1 amide bonds. The Kier molecular flexibility index (Phi) is 5.11. The maximum absolute atomic E-state index is 12.3. The third-order valence-electron chi connectivity index (χ3n) is 4.41. The molecule has 0 aromatic heterocycles. The summed E-state index contributed by atoms with van der Waals surface area (Å²) in [6.45, 7) is 0.998. The highest BCUT2D eigenvalue weighted by atomic mass is 16.5. The van der Waals surface area contributed by atoms with Gasteiger partial charge in [-0.15, -0.1) is 0 Å². The van der Waals surface area contributed by atoms with Crippen molar-refractivity contribution in [1.82, 2.24) is 5.32 Å². The van der Waals surface area contributed by atoms with E-state index in [4.69, 9.17) is 9.47 Å². The van der Waals surface area contributed by atoms with Crippen LogP contribution < -0.4 is 5.32 Å². The lowest BCUT2D eigenvalue weighted by Gasteiger charge is -2.19. The highest BCUT2D eigenvalue weighted by Crippen LogP contribution is 2.20. The van der Waals surface area contributed by atoms with Crippen molar-refractivity contribution < 1.29 is 19.1 Å². The fraction of sp³-hybridized carbons (Fsp3) is 0.368. The van der Waals surface area contributed by atoms with Crippen LogP contribution in [0.3, 0.4) is 0 Å². The second-order valence-corrected chi connectivity index (χ2v) is 5.99. The van der Waals surface area contributed by atoms with Gasteiger partial charge in [-0.3, -0.25) is 4.79 Å². The lowest BCUT2D eigenvalue weighted by Crippen LogP contribution is -2.45. The summed E-state index contributed by atoms with van der Waals surface area (Å²) in [7, 11) is 1.34. The van der Waals surface area contributed by atoms with Crippen molar-refractivity contribution in [2.24, 2.45) is 5.92 Å². The Morgan fingerprint density at radius 2 is 2.04 bits per heavy atom. The molecule has 1 saturated heterocycles. The van der Waals surface area contributed by atoms with Gasteiger partial charge in [0, 0.05) is 13.0 Å². The van der Waals surface area contributed by atoms with Gasteiger partial charge in [0.05, 0.1) is 19.6 Å². The molecule has 1 aliphatic rings. The fourth-order valence-electron chi connectivity index (χ4n) is 3.06. The van der Waals surface area contributed by atoms with Gasteiger partial charge in [0.15, 0.2) is 0 Å². The molecule has 0 bridgehead atoms. The number of rotatable bonds is 5. The van der Waals surface area contributed by atoms with Gasteiger partial charge in [0.25, 0.3) is 0 Å². The molecule has 0 saturated carbocycles. The summed E-state index contributed by atoms with van der Waals surface area (Å²) in [5.74, 6) is -0.775. The Balaban J connectivity index is 1.81. The zero-order chi connectivity index (χ0) is 16.9. The Bertz CT molecular complexity index is 732. The van der Waals surface area contributed by atoms with Crippen LogP contribution in [-0.2, 0) is 25.5 Å². The minimum atomic E-state index is -0.700. The molecule has 0 unspecified atom stereocenters. The molecule has 0 aliphatic carbocycles. The van der Waals surface area contributed by atoms with Gasteiger partial charge >= 0.3 is 5.97 Å². The average molecular weight is 327 g/mol. The standard InChI is InChI=1S/C19H21NO4/c1-23-19(22)17(20-18(21)15-9-10-24-12-15)11-14-7-4-6-13-5-2-3-8-16(13)14/h2-8,15,17H,9-12H2,1H3,(H,20,21)/t15-,17-/m1/s1. The SMILES string of the molecule is COC(=O)[C@@H](Cc1cccc2ccccc12)NC(=O)[C@@H]1CCOC1. The van der Waals surface area contributed by atoms with E-state index in [-0.39, 0.29) is 11.8 Å². The average Bonchev–Trinajstić information content (AvgIpc) is 3.15. The number of ether oxygens (including phenoxy) is 2. The van der Waals surface area contributed by atoms with Crippen LogP contribution in [0.4, 0.5) is 0 Å². The van der Waals surface area contributed by atoms with E-state index >= 15 is 0 Å². The van der Waals surface area contributed by atoms with Crippen molar-refractivity contribution in [3.63, 3.8) is 0 Å². The van der Waals surface area contributed by atoms with Crippen LogP contribution in [0.25, 0.3) is 10.8 Å². The zero-order valence-electron chi connectivity index (χ0n) is 13.7. The minimum Gasteiger partial charge on any atom is -0.467 e. The Hall–Kier alpha value is -2.40. The number of amides is 1. The lowest BCUT2D eigenvalue weighted by atomic mass is 9.98. The van der Waals surface area contributed by atoms with Crippen LogP contribution in [0, 0.1) is 5.92 Å². The predicted octanol–water partition coefficient (Wildman–Crippen LogP) is 2.08. The Morgan fingerprint density at radius 1 is 1.25 bits per heavy atom. The number of esters is 1. The third-order valence-corrected chi connectivity index (χ3v) is 4.41. The summed E-state index contributed by atoms with van der Waals surface area (Å²) >= 11 is 0. The van der Waals surface area contributed by atoms with Crippen molar-refractivity contribution in [3.05, 3.63) is 48.0 Å². The second-order valence-electron chi connectivity index (χ2n) is 5.99. The Morgan fingerprint density at radius 3 is 2.79 bits per heavy atom. The molecule has 0 radical (unpaired) electrons. The topological polar surface area (TPSA) is 64.6 Å². The largest absolute Gasteiger partial charge is 0.467 e. The van der Waals surface area contributed by atoms with Gasteiger partial charge in [-0.05, 0) is 22.8 Å². The third kappa shape index (κ3) is 3.57. The predicted molar refractivity (Wildman–Crippen MR) is 90.5 cm³/mol. The number of carbonyl (C=O) groups is 2. The van der Waals surface area contributed by atoms with Gasteiger partial charge in [0.1, 0.15) is 6.04 Å². The summed E-state index contributed by atoms with van der Waals surface area (Å²) in [5, 5.41) is 5.01. The van der Waals surface area contributed by atoms with Gasteiger partial charge in [-0.25, -0.2) is 4.79 Å². The molecule has 24 heavy (non-hydrogen) atoms. The molecule has 1 fully saturated rings. The van der Waals surface area contributed by atoms with E-state index < -0.39 is 12.0 Å². The quantitative estimate of drug-likeness (QED) is 0.854. The molecule has 5 nitrogen and oxygen atoms in total. The van der Waals surface area contributed by atoms with Crippen molar-refractivity contribution in [1.29, 1.82) is 0 Å². The second kappa shape index (κ2) is 7.45. The van der Waals surface area contributed by atoms with E-state index in [0.29, 0.717) is 26.1 Å². The lowest BCUT2D eigenvalue weighted by molar-refractivity contribution is -0.145. The summed E-state index contributed by atoms with van der Waals surface area (Å²) in [6, 6.07) is 13.3. The van der Waals surface area contributed by atoms with Crippen molar-refractivity contribution in [2.75, 3.05) is 20.3 Å². The van der Waals surface area contributed by atoms with Crippen LogP contribution in [0.2, 0.25) is 0 Å². The van der Waals surface area contributed by atoms with Crippen LogP contribution >= 0.6 is 0 Å². The fourth-order valence-corrected chi connectivity index (χ4v) is 3.06. The summed E-state index contributed by atoms with van der Waals surface area (Å²) in [5.41, 5.74) is 1.01. The van der Waals surface area contributed by atoms with Crippen LogP contribution in [-0.4, -0.2) is 38.2 Å². The monoisotopic (exact) mass is 327 g/mol. The molecule has 5 heteroatoms. The number of hydrogen-bond acceptors (Lipinski definition) is 4. The molecule has 2 aromatic carbocycles. The molecule has 2 atom stereocenters. The number of hydrogen-bond donors (Lipinski definition) is 1. The molecule has 1 aliphatic heterocycles. The maximum atomic E-state index is 12.3. The normalized spacial score (nSPS) is 18.3. The smallest absolute Gasteiger partial charge is 0.328 e. The number of nitrogens with one attached hydrogen (secondary N) is 1. The van der Waals surface area contributed by atoms with Gasteiger partial charge in [0.2, 0.25) is 5.91 Å².